The van der Waals surface area contributed by atoms with E-state index in [1.54, 1.807) is 0 Å². The molecule has 96 valence electrons. The fourth-order valence-corrected chi connectivity index (χ4v) is 1.81. The lowest BCUT2D eigenvalue weighted by molar-refractivity contribution is -0.146. The van der Waals surface area contributed by atoms with E-state index in [9.17, 15) is 18.4 Å². The van der Waals surface area contributed by atoms with Crippen LogP contribution in [0, 0.1) is 17.6 Å². The van der Waals surface area contributed by atoms with Gasteiger partial charge in [0.2, 0.25) is 0 Å². The largest absolute Gasteiger partial charge is 0.481 e. The average Bonchev–Trinajstić information content (AvgIpc) is 2.20. The van der Waals surface area contributed by atoms with Gasteiger partial charge in [0, 0.05) is 13.1 Å². The summed E-state index contributed by atoms with van der Waals surface area (Å²) < 4.78 is 26.6. The van der Waals surface area contributed by atoms with Crippen molar-refractivity contribution in [1.82, 2.24) is 4.90 Å². The molecule has 1 aliphatic rings. The molecule has 0 radical (unpaired) electrons. The quantitative estimate of drug-likeness (QED) is 0.837. The van der Waals surface area contributed by atoms with Crippen LogP contribution in [-0.4, -0.2) is 35.0 Å². The zero-order valence-electron chi connectivity index (χ0n) is 8.99. The molecule has 1 amide bonds. The van der Waals surface area contributed by atoms with Crippen LogP contribution in [0.2, 0.25) is 5.02 Å². The molecule has 0 unspecified atom stereocenters. The number of hydrogen-bond acceptors (Lipinski definition) is 2. The molecule has 0 aliphatic carbocycles. The van der Waals surface area contributed by atoms with Crippen LogP contribution in [0.5, 0.6) is 0 Å². The highest BCUT2D eigenvalue weighted by Crippen LogP contribution is 2.24. The summed E-state index contributed by atoms with van der Waals surface area (Å²) in [5, 5.41) is 8.24. The van der Waals surface area contributed by atoms with Crippen molar-refractivity contribution in [3.63, 3.8) is 0 Å². The van der Waals surface area contributed by atoms with Crippen LogP contribution in [0.15, 0.2) is 12.1 Å². The minimum atomic E-state index is -1.01. The molecule has 1 saturated heterocycles. The van der Waals surface area contributed by atoms with Crippen LogP contribution in [0.4, 0.5) is 8.78 Å². The predicted octanol–water partition coefficient (Wildman–Crippen LogP) is 1.77. The summed E-state index contributed by atoms with van der Waals surface area (Å²) in [6, 6.07) is 1.44. The van der Waals surface area contributed by atoms with Gasteiger partial charge in [0.15, 0.2) is 0 Å². The summed E-state index contributed by atoms with van der Waals surface area (Å²) in [5.74, 6) is -4.21. The lowest BCUT2D eigenvalue weighted by Crippen LogP contribution is -2.53. The zero-order chi connectivity index (χ0) is 13.4. The number of nitrogens with zero attached hydrogens (tertiary/aromatic N) is 1. The lowest BCUT2D eigenvalue weighted by atomic mass is 9.99. The van der Waals surface area contributed by atoms with Crippen LogP contribution >= 0.6 is 11.6 Å². The van der Waals surface area contributed by atoms with Crippen molar-refractivity contribution in [3.8, 4) is 0 Å². The number of likely N-dealkylation sites (tertiary alicyclic amines) is 1. The van der Waals surface area contributed by atoms with E-state index >= 15 is 0 Å². The van der Waals surface area contributed by atoms with Gasteiger partial charge in [0.05, 0.1) is 16.5 Å². The first kappa shape index (κ1) is 12.8. The van der Waals surface area contributed by atoms with E-state index in [2.05, 4.69) is 0 Å². The maximum absolute atomic E-state index is 13.4. The Morgan fingerprint density at radius 2 is 1.89 bits per heavy atom. The summed E-state index contributed by atoms with van der Waals surface area (Å²) >= 11 is 5.37. The Balaban J connectivity index is 2.16. The molecule has 1 heterocycles. The second kappa shape index (κ2) is 4.53. The fourth-order valence-electron chi connectivity index (χ4n) is 1.66. The van der Waals surface area contributed by atoms with E-state index in [1.807, 2.05) is 0 Å². The van der Waals surface area contributed by atoms with Gasteiger partial charge >= 0.3 is 5.97 Å². The molecule has 1 aromatic rings. The molecule has 0 saturated carbocycles. The van der Waals surface area contributed by atoms with Gasteiger partial charge in [0.1, 0.15) is 11.6 Å². The molecule has 0 bridgehead atoms. The third-order valence-electron chi connectivity index (χ3n) is 2.76. The van der Waals surface area contributed by atoms with E-state index in [-0.39, 0.29) is 13.1 Å². The smallest absolute Gasteiger partial charge is 0.310 e. The number of amides is 1. The molecule has 18 heavy (non-hydrogen) atoms. The number of hydrogen-bond donors (Lipinski definition) is 1. The van der Waals surface area contributed by atoms with Gasteiger partial charge in [-0.15, -0.1) is 0 Å². The average molecular weight is 276 g/mol. The highest BCUT2D eigenvalue weighted by atomic mass is 35.5. The number of carboxylic acid groups (broad SMARTS) is 1. The van der Waals surface area contributed by atoms with Crippen LogP contribution in [0.3, 0.4) is 0 Å². The van der Waals surface area contributed by atoms with Gasteiger partial charge in [-0.3, -0.25) is 9.59 Å². The minimum absolute atomic E-state index is 0.00213. The zero-order valence-corrected chi connectivity index (χ0v) is 9.75. The lowest BCUT2D eigenvalue weighted by Gasteiger charge is -2.36. The molecule has 1 N–H and O–H groups in total. The molecule has 0 spiro atoms. The third-order valence-corrected chi connectivity index (χ3v) is 3.05. The molecule has 2 rings (SSSR count). The molecule has 1 fully saturated rings. The number of rotatable bonds is 2. The van der Waals surface area contributed by atoms with Crippen LogP contribution in [0.1, 0.15) is 10.4 Å². The van der Waals surface area contributed by atoms with Crippen LogP contribution < -0.4 is 0 Å². The topological polar surface area (TPSA) is 57.6 Å². The molecule has 7 heteroatoms. The molecular weight excluding hydrogens is 268 g/mol. The van der Waals surface area contributed by atoms with Crippen molar-refractivity contribution >= 4 is 23.5 Å². The van der Waals surface area contributed by atoms with Crippen molar-refractivity contribution in [2.45, 2.75) is 0 Å². The predicted molar refractivity (Wildman–Crippen MR) is 58.4 cm³/mol. The summed E-state index contributed by atoms with van der Waals surface area (Å²) in [6.45, 7) is -0.00426. The Labute approximate surface area is 106 Å². The Hall–Kier alpha value is -1.69. The molecule has 0 atom stereocenters. The SMILES string of the molecule is O=C(O)C1CN(C(=O)c2cc(F)c(Cl)cc2F)C1. The number of benzene rings is 1. The van der Waals surface area contributed by atoms with Crippen molar-refractivity contribution in [1.29, 1.82) is 0 Å². The molecular formula is C11H8ClF2NO3. The Morgan fingerprint density at radius 1 is 1.28 bits per heavy atom. The second-order valence-corrected chi connectivity index (χ2v) is 4.40. The van der Waals surface area contributed by atoms with Crippen molar-refractivity contribution in [3.05, 3.63) is 34.4 Å². The number of halogens is 3. The normalized spacial score (nSPS) is 15.4. The van der Waals surface area contributed by atoms with Gasteiger partial charge < -0.3 is 10.0 Å². The van der Waals surface area contributed by atoms with Gasteiger partial charge in [-0.2, -0.15) is 0 Å². The van der Waals surface area contributed by atoms with E-state index in [4.69, 9.17) is 16.7 Å². The van der Waals surface area contributed by atoms with Gasteiger partial charge in [0.25, 0.3) is 5.91 Å². The van der Waals surface area contributed by atoms with Crippen LogP contribution in [0.25, 0.3) is 0 Å². The molecule has 4 nitrogen and oxygen atoms in total. The summed E-state index contributed by atoms with van der Waals surface area (Å²) in [7, 11) is 0. The van der Waals surface area contributed by atoms with Gasteiger partial charge in [-0.25, -0.2) is 8.78 Å². The highest BCUT2D eigenvalue weighted by molar-refractivity contribution is 6.30. The monoisotopic (exact) mass is 275 g/mol. The van der Waals surface area contributed by atoms with E-state index in [0.717, 1.165) is 11.0 Å². The first-order valence-corrected chi connectivity index (χ1v) is 5.44. The third kappa shape index (κ3) is 2.15. The number of carbonyl (C=O) groups excluding carboxylic acids is 1. The van der Waals surface area contributed by atoms with E-state index < -0.39 is 40.0 Å². The number of carboxylic acids is 1. The van der Waals surface area contributed by atoms with Crippen LogP contribution in [-0.2, 0) is 4.79 Å². The number of carbonyl (C=O) groups is 2. The standard InChI is InChI=1S/C11H8ClF2NO3/c12-7-2-8(13)6(1-9(7)14)10(16)15-3-5(4-15)11(17)18/h1-2,5H,3-4H2,(H,17,18). The van der Waals surface area contributed by atoms with Gasteiger partial charge in [-0.05, 0) is 12.1 Å². The van der Waals surface area contributed by atoms with E-state index in [1.165, 1.54) is 0 Å². The summed E-state index contributed by atoms with van der Waals surface area (Å²) in [4.78, 5) is 23.5. The highest BCUT2D eigenvalue weighted by Gasteiger charge is 2.36. The Morgan fingerprint density at radius 3 is 2.44 bits per heavy atom. The number of aliphatic carboxylic acids is 1. The maximum atomic E-state index is 13.4. The molecule has 1 aromatic carbocycles. The first-order chi connectivity index (χ1) is 8.40. The first-order valence-electron chi connectivity index (χ1n) is 5.06. The van der Waals surface area contributed by atoms with E-state index in [0.29, 0.717) is 6.07 Å². The van der Waals surface area contributed by atoms with Gasteiger partial charge in [-0.1, -0.05) is 11.6 Å². The molecule has 1 aliphatic heterocycles. The second-order valence-electron chi connectivity index (χ2n) is 3.99. The fraction of sp³-hybridized carbons (Fsp3) is 0.273. The summed E-state index contributed by atoms with van der Waals surface area (Å²) in [5.41, 5.74) is -0.444. The van der Waals surface area contributed by atoms with Crippen molar-refractivity contribution in [2.24, 2.45) is 5.92 Å². The van der Waals surface area contributed by atoms with Crippen molar-refractivity contribution < 1.29 is 23.5 Å². The Bertz CT molecular complexity index is 529. The molecule has 0 aromatic heterocycles. The maximum Gasteiger partial charge on any atom is 0.310 e. The Kier molecular flexibility index (Phi) is 3.21. The minimum Gasteiger partial charge on any atom is -0.481 e. The summed E-state index contributed by atoms with van der Waals surface area (Å²) in [6.07, 6.45) is 0. The van der Waals surface area contributed by atoms with Crippen molar-refractivity contribution in [2.75, 3.05) is 13.1 Å².